The summed E-state index contributed by atoms with van der Waals surface area (Å²) in [6, 6.07) is 0. The van der Waals surface area contributed by atoms with Crippen LogP contribution in [0.5, 0.6) is 0 Å². The van der Waals surface area contributed by atoms with Gasteiger partial charge in [0.1, 0.15) is 0 Å². The highest BCUT2D eigenvalue weighted by atomic mass is 35.5. The molecule has 154 valence electrons. The van der Waals surface area contributed by atoms with Gasteiger partial charge >= 0.3 is 5.69 Å². The number of hydrogen-bond acceptors (Lipinski definition) is 3. The zero-order chi connectivity index (χ0) is 18.8. The van der Waals surface area contributed by atoms with Gasteiger partial charge in [-0.3, -0.25) is 13.9 Å². The van der Waals surface area contributed by atoms with Crippen molar-refractivity contribution in [1.29, 1.82) is 0 Å². The largest absolute Gasteiger partial charge is 1.00 e. The van der Waals surface area contributed by atoms with Crippen LogP contribution in [0.2, 0.25) is 0 Å². The number of imidazole rings is 1. The first-order valence-corrected chi connectivity index (χ1v) is 10.4. The van der Waals surface area contributed by atoms with Crippen LogP contribution < -0.4 is 29.0 Å². The molecule has 2 aromatic heterocycles. The van der Waals surface area contributed by atoms with Crippen molar-refractivity contribution in [2.24, 2.45) is 31.8 Å². The number of aryl methyl sites for hydroxylation is 2. The third-order valence-electron chi connectivity index (χ3n) is 7.48. The molecule has 4 saturated carbocycles. The van der Waals surface area contributed by atoms with Crippen molar-refractivity contribution in [2.45, 2.75) is 57.0 Å². The van der Waals surface area contributed by atoms with Crippen LogP contribution >= 0.6 is 0 Å². The van der Waals surface area contributed by atoms with Gasteiger partial charge in [0.15, 0.2) is 11.2 Å². The lowest BCUT2D eigenvalue weighted by atomic mass is 9.53. The molecule has 6 rings (SSSR count). The third-order valence-corrected chi connectivity index (χ3v) is 7.48. The summed E-state index contributed by atoms with van der Waals surface area (Å²) in [5, 5.41) is 2.63. The van der Waals surface area contributed by atoms with Crippen molar-refractivity contribution < 1.29 is 17.7 Å². The second-order valence-electron chi connectivity index (χ2n) is 9.44. The van der Waals surface area contributed by atoms with Crippen LogP contribution in [0.4, 0.5) is 0 Å². The number of hydrogen-bond donors (Lipinski definition) is 1. The molecule has 2 heterocycles. The Kier molecular flexibility index (Phi) is 4.94. The number of halogens is 1. The summed E-state index contributed by atoms with van der Waals surface area (Å²) < 4.78 is 4.54. The van der Waals surface area contributed by atoms with Gasteiger partial charge in [-0.2, -0.15) is 0 Å². The van der Waals surface area contributed by atoms with Crippen molar-refractivity contribution in [2.75, 3.05) is 6.54 Å². The van der Waals surface area contributed by atoms with E-state index in [4.69, 9.17) is 0 Å². The zero-order valence-electron chi connectivity index (χ0n) is 16.7. The number of aromatic nitrogens is 4. The Morgan fingerprint density at radius 2 is 1.68 bits per heavy atom. The predicted octanol–water partition coefficient (Wildman–Crippen LogP) is -2.64. The molecule has 0 radical (unpaired) electrons. The molecular formula is C20H30ClN5O2. The fourth-order valence-corrected chi connectivity index (χ4v) is 6.66. The highest BCUT2D eigenvalue weighted by molar-refractivity contribution is 5.69. The Labute approximate surface area is 170 Å². The highest BCUT2D eigenvalue weighted by Gasteiger charge is 2.53. The molecule has 0 aromatic carbocycles. The van der Waals surface area contributed by atoms with E-state index in [1.165, 1.54) is 54.7 Å². The summed E-state index contributed by atoms with van der Waals surface area (Å²) in [6.07, 6.45) is 11.4. The van der Waals surface area contributed by atoms with E-state index >= 15 is 0 Å². The van der Waals surface area contributed by atoms with Crippen LogP contribution in [-0.2, 0) is 20.6 Å². The van der Waals surface area contributed by atoms with Crippen molar-refractivity contribution in [1.82, 2.24) is 18.7 Å². The van der Waals surface area contributed by atoms with Gasteiger partial charge in [-0.15, -0.1) is 0 Å². The Bertz CT molecular complexity index is 969. The van der Waals surface area contributed by atoms with Gasteiger partial charge in [-0.1, -0.05) is 0 Å². The van der Waals surface area contributed by atoms with E-state index in [2.05, 4.69) is 10.3 Å². The molecule has 0 aliphatic heterocycles. The second-order valence-corrected chi connectivity index (χ2v) is 9.44. The molecule has 28 heavy (non-hydrogen) atoms. The van der Waals surface area contributed by atoms with E-state index in [1.54, 1.807) is 13.4 Å². The molecule has 4 aliphatic rings. The summed E-state index contributed by atoms with van der Waals surface area (Å²) in [6.45, 7) is 1.87. The van der Waals surface area contributed by atoms with Crippen LogP contribution in [0, 0.1) is 17.8 Å². The van der Waals surface area contributed by atoms with Gasteiger partial charge in [0.05, 0.1) is 18.4 Å². The van der Waals surface area contributed by atoms with Crippen LogP contribution in [-0.4, -0.2) is 30.8 Å². The maximum atomic E-state index is 12.5. The van der Waals surface area contributed by atoms with E-state index in [9.17, 15) is 9.59 Å². The first kappa shape index (κ1) is 19.7. The highest BCUT2D eigenvalue weighted by Crippen LogP contribution is 2.54. The number of nitrogens with two attached hydrogens (primary N) is 1. The molecule has 2 N–H and O–H groups in total. The van der Waals surface area contributed by atoms with E-state index in [-0.39, 0.29) is 23.7 Å². The van der Waals surface area contributed by atoms with Gasteiger partial charge in [0.2, 0.25) is 0 Å². The van der Waals surface area contributed by atoms with Crippen molar-refractivity contribution in [3.05, 3.63) is 27.2 Å². The van der Waals surface area contributed by atoms with E-state index in [0.29, 0.717) is 16.7 Å². The zero-order valence-corrected chi connectivity index (χ0v) is 17.5. The third kappa shape index (κ3) is 3.03. The SMILES string of the molecule is Cn1c(=O)c2c(ncn2CCC[NH2+]C23CC4CC(CC(C4)C2)C3)n(C)c1=O.[Cl-]. The lowest BCUT2D eigenvalue weighted by Crippen LogP contribution is -3.00. The average molecular weight is 408 g/mol. The molecule has 0 unspecified atom stereocenters. The van der Waals surface area contributed by atoms with Crippen LogP contribution in [0.1, 0.15) is 44.9 Å². The van der Waals surface area contributed by atoms with E-state index in [1.807, 2.05) is 4.57 Å². The molecule has 2 aromatic rings. The predicted molar refractivity (Wildman–Crippen MR) is 103 cm³/mol. The topological polar surface area (TPSA) is 78.4 Å². The fourth-order valence-electron chi connectivity index (χ4n) is 6.66. The average Bonchev–Trinajstić information content (AvgIpc) is 3.05. The summed E-state index contributed by atoms with van der Waals surface area (Å²) >= 11 is 0. The molecule has 0 saturated heterocycles. The monoisotopic (exact) mass is 407 g/mol. The van der Waals surface area contributed by atoms with Gasteiger partial charge in [0.25, 0.3) is 5.56 Å². The van der Waals surface area contributed by atoms with Gasteiger partial charge < -0.3 is 22.3 Å². The second kappa shape index (κ2) is 7.02. The van der Waals surface area contributed by atoms with Crippen LogP contribution in [0.3, 0.4) is 0 Å². The lowest BCUT2D eigenvalue weighted by molar-refractivity contribution is -0.739. The molecule has 0 amide bonds. The summed E-state index contributed by atoms with van der Waals surface area (Å²) in [5.41, 5.74) is 0.942. The summed E-state index contributed by atoms with van der Waals surface area (Å²) in [5.74, 6) is 2.94. The standard InChI is InChI=1S/C20H29N5O2.ClH/c1-23-17-16(18(26)24(2)19(23)27)25(12-21-17)5-3-4-22-20-9-13-6-14(10-20)8-15(7-13)11-20;/h12-15,22H,3-11H2,1-2H3;1H. The maximum absolute atomic E-state index is 12.5. The minimum absolute atomic E-state index is 0. The molecular weight excluding hydrogens is 378 g/mol. The molecule has 4 bridgehead atoms. The lowest BCUT2D eigenvalue weighted by Gasteiger charge is -2.54. The first-order chi connectivity index (χ1) is 13.0. The van der Waals surface area contributed by atoms with Crippen molar-refractivity contribution in [3.8, 4) is 0 Å². The number of quaternary nitrogens is 1. The van der Waals surface area contributed by atoms with Crippen LogP contribution in [0.25, 0.3) is 11.2 Å². The molecule has 8 heteroatoms. The smallest absolute Gasteiger partial charge is 0.332 e. The minimum Gasteiger partial charge on any atom is -1.00 e. The number of nitrogens with zero attached hydrogens (tertiary/aromatic N) is 4. The molecule has 0 atom stereocenters. The van der Waals surface area contributed by atoms with E-state index in [0.717, 1.165) is 37.3 Å². The number of rotatable bonds is 5. The van der Waals surface area contributed by atoms with E-state index < -0.39 is 0 Å². The van der Waals surface area contributed by atoms with Crippen molar-refractivity contribution in [3.63, 3.8) is 0 Å². The Hall–Kier alpha value is -1.60. The van der Waals surface area contributed by atoms with Crippen LogP contribution in [0.15, 0.2) is 15.9 Å². The molecule has 4 aliphatic carbocycles. The Morgan fingerprint density at radius 1 is 1.07 bits per heavy atom. The Balaban J connectivity index is 0.00000192. The first-order valence-electron chi connectivity index (χ1n) is 10.4. The molecule has 7 nitrogen and oxygen atoms in total. The normalized spacial score (nSPS) is 30.7. The fraction of sp³-hybridized carbons (Fsp3) is 0.750. The van der Waals surface area contributed by atoms with Gasteiger partial charge in [-0.05, 0) is 37.0 Å². The minimum atomic E-state index is -0.326. The number of fused-ring (bicyclic) bond motifs is 1. The molecule has 0 spiro atoms. The van der Waals surface area contributed by atoms with Gasteiger partial charge in [-0.25, -0.2) is 9.78 Å². The summed E-state index contributed by atoms with van der Waals surface area (Å²) in [7, 11) is 3.20. The Morgan fingerprint density at radius 3 is 2.29 bits per heavy atom. The van der Waals surface area contributed by atoms with Gasteiger partial charge in [0, 0.05) is 46.3 Å². The summed E-state index contributed by atoms with van der Waals surface area (Å²) in [4.78, 5) is 28.9. The maximum Gasteiger partial charge on any atom is 0.332 e. The molecule has 4 fully saturated rings. The quantitative estimate of drug-likeness (QED) is 0.550. The van der Waals surface area contributed by atoms with Crippen molar-refractivity contribution >= 4 is 11.2 Å².